The van der Waals surface area contributed by atoms with E-state index in [9.17, 15) is 12.8 Å². The predicted molar refractivity (Wildman–Crippen MR) is 68.9 cm³/mol. The summed E-state index contributed by atoms with van der Waals surface area (Å²) in [7, 11) is -3.92. The molecule has 0 saturated carbocycles. The van der Waals surface area contributed by atoms with Crippen LogP contribution in [-0.4, -0.2) is 36.9 Å². The fourth-order valence-corrected chi connectivity index (χ4v) is 3.05. The van der Waals surface area contributed by atoms with E-state index in [1.54, 1.807) is 6.92 Å². The van der Waals surface area contributed by atoms with Crippen LogP contribution in [0.15, 0.2) is 34.3 Å². The number of nitrogens with zero attached hydrogens (tertiary/aromatic N) is 2. The lowest BCUT2D eigenvalue weighted by molar-refractivity contribution is 0.315. The molecule has 1 aromatic rings. The molecule has 19 heavy (non-hydrogen) atoms. The van der Waals surface area contributed by atoms with Crippen LogP contribution in [-0.2, 0) is 10.0 Å². The van der Waals surface area contributed by atoms with Crippen molar-refractivity contribution in [1.82, 2.24) is 4.31 Å². The van der Waals surface area contributed by atoms with Gasteiger partial charge in [-0.3, -0.25) is 0 Å². The van der Waals surface area contributed by atoms with Crippen LogP contribution in [0.2, 0.25) is 0 Å². The Morgan fingerprint density at radius 2 is 2.11 bits per heavy atom. The van der Waals surface area contributed by atoms with Gasteiger partial charge in [0.2, 0.25) is 10.0 Å². The Labute approximate surface area is 111 Å². The highest BCUT2D eigenvalue weighted by Crippen LogP contribution is 2.18. The zero-order valence-corrected chi connectivity index (χ0v) is 11.3. The number of benzene rings is 1. The first-order chi connectivity index (χ1) is 8.93. The second-order valence-electron chi connectivity index (χ2n) is 3.77. The molecule has 0 fully saturated rings. The van der Waals surface area contributed by atoms with Crippen molar-refractivity contribution in [2.45, 2.75) is 18.2 Å². The van der Waals surface area contributed by atoms with E-state index >= 15 is 0 Å². The summed E-state index contributed by atoms with van der Waals surface area (Å²) in [4.78, 5) is -0.378. The highest BCUT2D eigenvalue weighted by atomic mass is 32.2. The average molecular weight is 289 g/mol. The van der Waals surface area contributed by atoms with E-state index in [4.69, 9.17) is 10.9 Å². The van der Waals surface area contributed by atoms with Gasteiger partial charge in [0.1, 0.15) is 16.5 Å². The molecule has 0 aliphatic carbocycles. The quantitative estimate of drug-likeness (QED) is 0.353. The van der Waals surface area contributed by atoms with E-state index in [1.807, 2.05) is 0 Å². The smallest absolute Gasteiger partial charge is 0.245 e. The van der Waals surface area contributed by atoms with Gasteiger partial charge in [0, 0.05) is 19.5 Å². The van der Waals surface area contributed by atoms with Crippen LogP contribution < -0.4 is 5.73 Å². The predicted octanol–water partition coefficient (Wildman–Crippen LogP) is 0.973. The van der Waals surface area contributed by atoms with Gasteiger partial charge in [0.15, 0.2) is 0 Å². The molecule has 0 aromatic heterocycles. The molecular weight excluding hydrogens is 273 g/mol. The van der Waals surface area contributed by atoms with E-state index in [0.29, 0.717) is 0 Å². The molecule has 8 heteroatoms. The van der Waals surface area contributed by atoms with Crippen molar-refractivity contribution < 1.29 is 18.0 Å². The summed E-state index contributed by atoms with van der Waals surface area (Å²) in [5.74, 6) is -0.882. The monoisotopic (exact) mass is 289 g/mol. The first-order valence-electron chi connectivity index (χ1n) is 5.64. The molecule has 0 unspecified atom stereocenters. The Kier molecular flexibility index (Phi) is 5.25. The van der Waals surface area contributed by atoms with Gasteiger partial charge in [0.25, 0.3) is 0 Å². The topological polar surface area (TPSA) is 96.0 Å². The molecule has 1 aromatic carbocycles. The highest BCUT2D eigenvalue weighted by molar-refractivity contribution is 7.89. The third kappa shape index (κ3) is 3.65. The lowest BCUT2D eigenvalue weighted by atomic mass is 10.3. The van der Waals surface area contributed by atoms with Crippen molar-refractivity contribution in [3.05, 3.63) is 30.1 Å². The minimum Gasteiger partial charge on any atom is -0.409 e. The SMILES string of the molecule is CCN(CC/C(N)=N/O)S(=O)(=O)c1ccccc1F. The molecule has 0 amide bonds. The van der Waals surface area contributed by atoms with E-state index in [-0.39, 0.29) is 30.2 Å². The van der Waals surface area contributed by atoms with Crippen molar-refractivity contribution in [3.8, 4) is 0 Å². The standard InChI is InChI=1S/C11H16FN3O3S/c1-2-15(8-7-11(13)14-16)19(17,18)10-6-4-3-5-9(10)12/h3-6,16H,2,7-8H2,1H3,(H2,13,14). The van der Waals surface area contributed by atoms with Crippen LogP contribution in [0.1, 0.15) is 13.3 Å². The third-order valence-corrected chi connectivity index (χ3v) is 4.56. The highest BCUT2D eigenvalue weighted by Gasteiger charge is 2.25. The number of rotatable bonds is 6. The van der Waals surface area contributed by atoms with Gasteiger partial charge in [-0.25, -0.2) is 12.8 Å². The van der Waals surface area contributed by atoms with Crippen LogP contribution in [0.4, 0.5) is 4.39 Å². The lowest BCUT2D eigenvalue weighted by Crippen LogP contribution is -2.34. The molecule has 0 heterocycles. The van der Waals surface area contributed by atoms with Crippen LogP contribution >= 0.6 is 0 Å². The maximum Gasteiger partial charge on any atom is 0.245 e. The fourth-order valence-electron chi connectivity index (χ4n) is 1.53. The molecule has 1 rings (SSSR count). The Hall–Kier alpha value is -1.67. The molecule has 0 radical (unpaired) electrons. The summed E-state index contributed by atoms with van der Waals surface area (Å²) in [6.07, 6.45) is 0.0675. The molecular formula is C11H16FN3O3S. The maximum atomic E-state index is 13.6. The van der Waals surface area contributed by atoms with Crippen molar-refractivity contribution in [2.24, 2.45) is 10.9 Å². The Balaban J connectivity index is 3.00. The van der Waals surface area contributed by atoms with Crippen LogP contribution in [0, 0.1) is 5.82 Å². The Bertz CT molecular complexity index is 560. The number of hydrogen-bond donors (Lipinski definition) is 2. The molecule has 0 bridgehead atoms. The Morgan fingerprint density at radius 1 is 1.47 bits per heavy atom. The van der Waals surface area contributed by atoms with Gasteiger partial charge >= 0.3 is 0 Å². The van der Waals surface area contributed by atoms with Gasteiger partial charge in [-0.1, -0.05) is 24.2 Å². The summed E-state index contributed by atoms with van der Waals surface area (Å²) >= 11 is 0. The summed E-state index contributed by atoms with van der Waals surface area (Å²) in [5.41, 5.74) is 5.29. The van der Waals surface area contributed by atoms with E-state index in [2.05, 4.69) is 5.16 Å². The molecule has 106 valence electrons. The average Bonchev–Trinajstić information content (AvgIpc) is 2.39. The minimum atomic E-state index is -3.92. The number of sulfonamides is 1. The number of hydrogen-bond acceptors (Lipinski definition) is 4. The molecule has 0 aliphatic rings. The molecule has 0 aliphatic heterocycles. The normalized spacial score (nSPS) is 12.9. The second-order valence-corrected chi connectivity index (χ2v) is 5.67. The van der Waals surface area contributed by atoms with Crippen LogP contribution in [0.5, 0.6) is 0 Å². The molecule has 3 N–H and O–H groups in total. The number of nitrogens with two attached hydrogens (primary N) is 1. The van der Waals surface area contributed by atoms with Crippen molar-refractivity contribution in [1.29, 1.82) is 0 Å². The van der Waals surface area contributed by atoms with E-state index < -0.39 is 15.8 Å². The molecule has 0 spiro atoms. The van der Waals surface area contributed by atoms with E-state index in [0.717, 1.165) is 10.4 Å². The van der Waals surface area contributed by atoms with Crippen molar-refractivity contribution >= 4 is 15.9 Å². The number of amidine groups is 1. The molecule has 0 saturated heterocycles. The van der Waals surface area contributed by atoms with Gasteiger partial charge in [-0.05, 0) is 12.1 Å². The van der Waals surface area contributed by atoms with Crippen LogP contribution in [0.3, 0.4) is 0 Å². The Morgan fingerprint density at radius 3 is 2.63 bits per heavy atom. The zero-order valence-electron chi connectivity index (χ0n) is 10.5. The zero-order chi connectivity index (χ0) is 14.5. The minimum absolute atomic E-state index is 0.0169. The first kappa shape index (κ1) is 15.4. The first-order valence-corrected chi connectivity index (χ1v) is 7.08. The van der Waals surface area contributed by atoms with Crippen molar-refractivity contribution in [3.63, 3.8) is 0 Å². The van der Waals surface area contributed by atoms with Crippen molar-refractivity contribution in [2.75, 3.05) is 13.1 Å². The molecule has 6 nitrogen and oxygen atoms in total. The van der Waals surface area contributed by atoms with Gasteiger partial charge in [0.05, 0.1) is 0 Å². The maximum absolute atomic E-state index is 13.6. The number of oxime groups is 1. The summed E-state index contributed by atoms with van der Waals surface area (Å²) in [5, 5.41) is 11.2. The van der Waals surface area contributed by atoms with Crippen LogP contribution in [0.25, 0.3) is 0 Å². The van der Waals surface area contributed by atoms with Gasteiger partial charge < -0.3 is 10.9 Å². The molecule has 0 atom stereocenters. The number of halogens is 1. The summed E-state index contributed by atoms with van der Waals surface area (Å²) in [6.45, 7) is 1.81. The second kappa shape index (κ2) is 6.48. The van der Waals surface area contributed by atoms with Gasteiger partial charge in [-0.15, -0.1) is 0 Å². The van der Waals surface area contributed by atoms with E-state index in [1.165, 1.54) is 18.2 Å². The summed E-state index contributed by atoms with van der Waals surface area (Å²) in [6, 6.07) is 5.16. The summed E-state index contributed by atoms with van der Waals surface area (Å²) < 4.78 is 39.1. The third-order valence-electron chi connectivity index (χ3n) is 2.55. The lowest BCUT2D eigenvalue weighted by Gasteiger charge is -2.20. The fraction of sp³-hybridized carbons (Fsp3) is 0.364. The van der Waals surface area contributed by atoms with Gasteiger partial charge in [-0.2, -0.15) is 4.31 Å². The largest absolute Gasteiger partial charge is 0.409 e.